The fourth-order valence-corrected chi connectivity index (χ4v) is 2.30. The van der Waals surface area contributed by atoms with Gasteiger partial charge in [-0.3, -0.25) is 0 Å². The van der Waals surface area contributed by atoms with Gasteiger partial charge in [0.15, 0.2) is 0 Å². The molecule has 0 spiro atoms. The second-order valence-corrected chi connectivity index (χ2v) is 4.58. The van der Waals surface area contributed by atoms with Crippen LogP contribution in [0.1, 0.15) is 30.4 Å². The summed E-state index contributed by atoms with van der Waals surface area (Å²) in [4.78, 5) is 0. The first-order valence-electron chi connectivity index (χ1n) is 6.63. The highest BCUT2D eigenvalue weighted by molar-refractivity contribution is 5.55. The Morgan fingerprint density at radius 3 is 2.74 bits per heavy atom. The molecule has 3 rings (SSSR count). The zero-order valence-corrected chi connectivity index (χ0v) is 10.9. The number of fused-ring (bicyclic) bond motifs is 1. The molecule has 1 heterocycles. The van der Waals surface area contributed by atoms with Crippen molar-refractivity contribution in [2.75, 3.05) is 6.61 Å². The van der Waals surface area contributed by atoms with E-state index in [4.69, 9.17) is 9.47 Å². The largest absolute Gasteiger partial charge is 0.493 e. The number of benzene rings is 2. The fourth-order valence-electron chi connectivity index (χ4n) is 2.30. The molecule has 2 radical (unpaired) electrons. The minimum atomic E-state index is 0.0317. The van der Waals surface area contributed by atoms with Crippen molar-refractivity contribution in [1.29, 1.82) is 0 Å². The number of hydrogen-bond donors (Lipinski definition) is 0. The Kier molecular flexibility index (Phi) is 3.41. The Morgan fingerprint density at radius 1 is 1.11 bits per heavy atom. The maximum Gasteiger partial charge on any atom is 0.209 e. The van der Waals surface area contributed by atoms with Gasteiger partial charge in [0.05, 0.1) is 12.5 Å². The summed E-state index contributed by atoms with van der Waals surface area (Å²) in [5.41, 5.74) is 2.26. The minimum absolute atomic E-state index is 0.0317. The van der Waals surface area contributed by atoms with Gasteiger partial charge in [-0.1, -0.05) is 43.3 Å². The van der Waals surface area contributed by atoms with Crippen LogP contribution in [-0.2, 0) is 0 Å². The maximum absolute atomic E-state index is 5.83. The van der Waals surface area contributed by atoms with E-state index in [1.165, 1.54) is 5.56 Å². The molecule has 0 fully saturated rings. The summed E-state index contributed by atoms with van der Waals surface area (Å²) in [6.07, 6.45) is 0.994. The van der Waals surface area contributed by atoms with Crippen molar-refractivity contribution in [3.63, 3.8) is 0 Å². The van der Waals surface area contributed by atoms with Crippen molar-refractivity contribution >= 4 is 0 Å². The molecule has 0 saturated carbocycles. The molecular weight excluding hydrogens is 236 g/mol. The lowest BCUT2D eigenvalue weighted by Gasteiger charge is -2.13. The Balaban J connectivity index is 1.98. The van der Waals surface area contributed by atoms with Crippen LogP contribution in [0.3, 0.4) is 0 Å². The van der Waals surface area contributed by atoms with Crippen LogP contribution >= 0.6 is 0 Å². The highest BCUT2D eigenvalue weighted by Crippen LogP contribution is 2.45. The zero-order chi connectivity index (χ0) is 13.1. The standard InChI is InChI=1S/C17H16O2/c1-2-11-18-15-9-6-10-16-17(15)14(12-19-16)13-7-4-3-5-8-13/h3-10,14H,2,11H2,1H3. The molecule has 19 heavy (non-hydrogen) atoms. The Hall–Kier alpha value is -1.96. The van der Waals surface area contributed by atoms with Gasteiger partial charge in [-0.15, -0.1) is 0 Å². The molecule has 96 valence electrons. The van der Waals surface area contributed by atoms with Crippen LogP contribution in [0.25, 0.3) is 0 Å². The summed E-state index contributed by atoms with van der Waals surface area (Å²) in [5.74, 6) is 1.78. The SMILES string of the molecule is CCCOc1cccc2c1C(c1ccccc1)[C]O2. The molecule has 2 nitrogen and oxygen atoms in total. The molecule has 0 bridgehead atoms. The summed E-state index contributed by atoms with van der Waals surface area (Å²) >= 11 is 0. The molecule has 0 aromatic heterocycles. The van der Waals surface area contributed by atoms with E-state index in [0.29, 0.717) is 0 Å². The third-order valence-corrected chi connectivity index (χ3v) is 3.20. The van der Waals surface area contributed by atoms with Crippen LogP contribution in [0, 0.1) is 6.61 Å². The molecule has 0 N–H and O–H groups in total. The summed E-state index contributed by atoms with van der Waals surface area (Å²) < 4.78 is 11.4. The Labute approximate surface area is 114 Å². The van der Waals surface area contributed by atoms with Crippen LogP contribution in [0.5, 0.6) is 11.5 Å². The first-order chi connectivity index (χ1) is 9.40. The second-order valence-electron chi connectivity index (χ2n) is 4.58. The van der Waals surface area contributed by atoms with Gasteiger partial charge in [-0.05, 0) is 24.1 Å². The molecule has 2 aromatic rings. The summed E-state index contributed by atoms with van der Waals surface area (Å²) in [6.45, 7) is 5.90. The van der Waals surface area contributed by atoms with Crippen LogP contribution in [0.2, 0.25) is 0 Å². The topological polar surface area (TPSA) is 18.5 Å². The van der Waals surface area contributed by atoms with E-state index in [1.54, 1.807) is 0 Å². The van der Waals surface area contributed by atoms with Crippen molar-refractivity contribution in [3.05, 3.63) is 66.3 Å². The van der Waals surface area contributed by atoms with Crippen LogP contribution in [0.4, 0.5) is 0 Å². The predicted molar refractivity (Wildman–Crippen MR) is 74.4 cm³/mol. The average molecular weight is 252 g/mol. The number of ether oxygens (including phenoxy) is 2. The molecule has 0 aliphatic carbocycles. The molecular formula is C17H16O2. The molecule has 0 amide bonds. The molecule has 2 heteroatoms. The highest BCUT2D eigenvalue weighted by atomic mass is 16.5. The quantitative estimate of drug-likeness (QED) is 0.817. The van der Waals surface area contributed by atoms with Gasteiger partial charge in [0.2, 0.25) is 6.61 Å². The molecule has 1 aliphatic heterocycles. The van der Waals surface area contributed by atoms with Crippen LogP contribution < -0.4 is 9.47 Å². The molecule has 2 aromatic carbocycles. The van der Waals surface area contributed by atoms with Gasteiger partial charge in [-0.25, -0.2) is 0 Å². The fraction of sp³-hybridized carbons (Fsp3) is 0.235. The van der Waals surface area contributed by atoms with Gasteiger partial charge in [0.25, 0.3) is 0 Å². The molecule has 1 atom stereocenters. The van der Waals surface area contributed by atoms with Gasteiger partial charge in [0.1, 0.15) is 11.5 Å². The number of rotatable bonds is 4. The Bertz CT molecular complexity index is 548. The zero-order valence-electron chi connectivity index (χ0n) is 10.9. The highest BCUT2D eigenvalue weighted by Gasteiger charge is 2.30. The number of hydrogen-bond acceptors (Lipinski definition) is 2. The predicted octanol–water partition coefficient (Wildman–Crippen LogP) is 4.04. The smallest absolute Gasteiger partial charge is 0.209 e. The first kappa shape index (κ1) is 12.1. The van der Waals surface area contributed by atoms with E-state index < -0.39 is 0 Å². The minimum Gasteiger partial charge on any atom is -0.493 e. The monoisotopic (exact) mass is 252 g/mol. The third kappa shape index (κ3) is 2.30. The van der Waals surface area contributed by atoms with Gasteiger partial charge in [-0.2, -0.15) is 0 Å². The van der Waals surface area contributed by atoms with Gasteiger partial charge < -0.3 is 9.47 Å². The van der Waals surface area contributed by atoms with Crippen molar-refractivity contribution in [1.82, 2.24) is 0 Å². The normalized spacial score (nSPS) is 16.8. The maximum atomic E-state index is 5.83. The second kappa shape index (κ2) is 5.35. The first-order valence-corrected chi connectivity index (χ1v) is 6.63. The van der Waals surface area contributed by atoms with E-state index in [9.17, 15) is 0 Å². The van der Waals surface area contributed by atoms with Crippen molar-refractivity contribution in [3.8, 4) is 11.5 Å². The summed E-state index contributed by atoms with van der Waals surface area (Å²) in [7, 11) is 0. The van der Waals surface area contributed by atoms with Crippen molar-refractivity contribution in [2.45, 2.75) is 19.3 Å². The van der Waals surface area contributed by atoms with Crippen LogP contribution in [0.15, 0.2) is 48.5 Å². The summed E-state index contributed by atoms with van der Waals surface area (Å²) in [6, 6.07) is 16.2. The third-order valence-electron chi connectivity index (χ3n) is 3.20. The van der Waals surface area contributed by atoms with Crippen molar-refractivity contribution in [2.24, 2.45) is 0 Å². The van der Waals surface area contributed by atoms with E-state index in [1.807, 2.05) is 36.4 Å². The van der Waals surface area contributed by atoms with Gasteiger partial charge >= 0.3 is 0 Å². The molecule has 1 aliphatic rings. The van der Waals surface area contributed by atoms with E-state index in [-0.39, 0.29) is 5.92 Å². The van der Waals surface area contributed by atoms with Crippen molar-refractivity contribution < 1.29 is 9.47 Å². The average Bonchev–Trinajstić information content (AvgIpc) is 2.90. The molecule has 0 saturated heterocycles. The lowest BCUT2D eigenvalue weighted by atomic mass is 9.92. The van der Waals surface area contributed by atoms with E-state index in [0.717, 1.165) is 30.1 Å². The summed E-state index contributed by atoms with van der Waals surface area (Å²) in [5, 5.41) is 0. The lowest BCUT2D eigenvalue weighted by Crippen LogP contribution is -2.02. The van der Waals surface area contributed by atoms with E-state index in [2.05, 4.69) is 25.7 Å². The van der Waals surface area contributed by atoms with Crippen LogP contribution in [-0.4, -0.2) is 6.61 Å². The Morgan fingerprint density at radius 2 is 1.95 bits per heavy atom. The molecule has 1 unspecified atom stereocenters. The van der Waals surface area contributed by atoms with Gasteiger partial charge in [0, 0.05) is 5.56 Å². The lowest BCUT2D eigenvalue weighted by molar-refractivity contribution is 0.314. The van der Waals surface area contributed by atoms with E-state index >= 15 is 0 Å².